The fourth-order valence-corrected chi connectivity index (χ4v) is 2.18. The molecule has 2 nitrogen and oxygen atoms in total. The highest BCUT2D eigenvalue weighted by Gasteiger charge is 2.23. The van der Waals surface area contributed by atoms with Crippen molar-refractivity contribution in [3.8, 4) is 0 Å². The lowest BCUT2D eigenvalue weighted by atomic mass is 9.91. The standard InChI is InChI=1S/C14H21BrN2/c1-10(2)11(8-16-13-5-6-13)7-14-4-3-12(15)9-17-14/h3-4,9-11,13,16H,5-8H2,1-2H3. The molecule has 0 amide bonds. The van der Waals surface area contributed by atoms with Crippen LogP contribution >= 0.6 is 15.9 Å². The molecule has 1 atom stereocenters. The van der Waals surface area contributed by atoms with Crippen LogP contribution in [0.15, 0.2) is 22.8 Å². The summed E-state index contributed by atoms with van der Waals surface area (Å²) in [4.78, 5) is 4.47. The molecule has 0 spiro atoms. The first-order valence-corrected chi connectivity index (χ1v) is 7.28. The van der Waals surface area contributed by atoms with E-state index in [1.165, 1.54) is 18.5 Å². The van der Waals surface area contributed by atoms with Crippen molar-refractivity contribution >= 4 is 15.9 Å². The first-order chi connectivity index (χ1) is 8.15. The van der Waals surface area contributed by atoms with Gasteiger partial charge in [0.25, 0.3) is 0 Å². The zero-order valence-corrected chi connectivity index (χ0v) is 12.2. The zero-order valence-electron chi connectivity index (χ0n) is 10.6. The average Bonchev–Trinajstić information content (AvgIpc) is 3.10. The van der Waals surface area contributed by atoms with Gasteiger partial charge in [0.1, 0.15) is 0 Å². The molecule has 0 saturated heterocycles. The summed E-state index contributed by atoms with van der Waals surface area (Å²) in [5.41, 5.74) is 1.20. The van der Waals surface area contributed by atoms with Gasteiger partial charge in [0.15, 0.2) is 0 Å². The second kappa shape index (κ2) is 5.96. The fourth-order valence-electron chi connectivity index (χ4n) is 1.94. The summed E-state index contributed by atoms with van der Waals surface area (Å²) in [5, 5.41) is 3.63. The molecular weight excluding hydrogens is 276 g/mol. The highest BCUT2D eigenvalue weighted by atomic mass is 79.9. The number of pyridine rings is 1. The number of aromatic nitrogens is 1. The predicted molar refractivity (Wildman–Crippen MR) is 75.0 cm³/mol. The third kappa shape index (κ3) is 4.40. The lowest BCUT2D eigenvalue weighted by Crippen LogP contribution is -2.29. The molecule has 1 unspecified atom stereocenters. The third-order valence-electron chi connectivity index (χ3n) is 3.45. The number of rotatable bonds is 6. The smallest absolute Gasteiger partial charge is 0.0413 e. The second-order valence-electron chi connectivity index (χ2n) is 5.36. The Kier molecular flexibility index (Phi) is 4.57. The van der Waals surface area contributed by atoms with E-state index in [2.05, 4.69) is 52.2 Å². The molecule has 1 fully saturated rings. The van der Waals surface area contributed by atoms with E-state index in [9.17, 15) is 0 Å². The van der Waals surface area contributed by atoms with Gasteiger partial charge in [-0.15, -0.1) is 0 Å². The van der Waals surface area contributed by atoms with Crippen molar-refractivity contribution in [3.63, 3.8) is 0 Å². The minimum Gasteiger partial charge on any atom is -0.314 e. The Hall–Kier alpha value is -0.410. The molecule has 3 heteroatoms. The molecule has 1 heterocycles. The molecule has 94 valence electrons. The van der Waals surface area contributed by atoms with Gasteiger partial charge >= 0.3 is 0 Å². The molecule has 0 bridgehead atoms. The van der Waals surface area contributed by atoms with Crippen molar-refractivity contribution in [2.24, 2.45) is 11.8 Å². The topological polar surface area (TPSA) is 24.9 Å². The van der Waals surface area contributed by atoms with Gasteiger partial charge in [-0.05, 0) is 65.7 Å². The van der Waals surface area contributed by atoms with Crippen LogP contribution in [0.5, 0.6) is 0 Å². The van der Waals surface area contributed by atoms with Crippen LogP contribution in [0.25, 0.3) is 0 Å². The van der Waals surface area contributed by atoms with Crippen LogP contribution in [-0.2, 0) is 6.42 Å². The Bertz CT molecular complexity index is 344. The normalized spacial score (nSPS) is 17.4. The third-order valence-corrected chi connectivity index (χ3v) is 3.92. The van der Waals surface area contributed by atoms with Crippen LogP contribution in [0.3, 0.4) is 0 Å². The molecule has 2 rings (SSSR count). The van der Waals surface area contributed by atoms with E-state index in [1.807, 2.05) is 6.20 Å². The Labute approximate surface area is 112 Å². The van der Waals surface area contributed by atoms with Gasteiger partial charge < -0.3 is 5.32 Å². The van der Waals surface area contributed by atoms with E-state index in [4.69, 9.17) is 0 Å². The molecule has 1 aromatic heterocycles. The van der Waals surface area contributed by atoms with Gasteiger partial charge in [0.2, 0.25) is 0 Å². The van der Waals surface area contributed by atoms with Gasteiger partial charge in [-0.1, -0.05) is 13.8 Å². The van der Waals surface area contributed by atoms with Crippen LogP contribution in [0.1, 0.15) is 32.4 Å². The zero-order chi connectivity index (χ0) is 12.3. The molecule has 0 aromatic carbocycles. The van der Waals surface area contributed by atoms with Gasteiger partial charge in [0, 0.05) is 22.4 Å². The van der Waals surface area contributed by atoms with Crippen LogP contribution in [0.2, 0.25) is 0 Å². The number of nitrogens with one attached hydrogen (secondary N) is 1. The van der Waals surface area contributed by atoms with Crippen molar-refractivity contribution in [1.82, 2.24) is 10.3 Å². The van der Waals surface area contributed by atoms with Crippen molar-refractivity contribution in [3.05, 3.63) is 28.5 Å². The first-order valence-electron chi connectivity index (χ1n) is 6.49. The Morgan fingerprint density at radius 1 is 1.41 bits per heavy atom. The summed E-state index contributed by atoms with van der Waals surface area (Å²) < 4.78 is 1.05. The molecule has 0 aliphatic heterocycles. The lowest BCUT2D eigenvalue weighted by Gasteiger charge is -2.21. The lowest BCUT2D eigenvalue weighted by molar-refractivity contribution is 0.356. The quantitative estimate of drug-likeness (QED) is 0.870. The van der Waals surface area contributed by atoms with E-state index in [1.54, 1.807) is 0 Å². The highest BCUT2D eigenvalue weighted by Crippen LogP contribution is 2.21. The maximum absolute atomic E-state index is 4.47. The summed E-state index contributed by atoms with van der Waals surface area (Å²) in [7, 11) is 0. The first kappa shape index (κ1) is 13.0. The van der Waals surface area contributed by atoms with Crippen LogP contribution < -0.4 is 5.32 Å². The van der Waals surface area contributed by atoms with E-state index in [0.717, 1.165) is 23.5 Å². The Morgan fingerprint density at radius 2 is 2.18 bits per heavy atom. The summed E-state index contributed by atoms with van der Waals surface area (Å²) >= 11 is 3.42. The molecular formula is C14H21BrN2. The highest BCUT2D eigenvalue weighted by molar-refractivity contribution is 9.10. The molecule has 17 heavy (non-hydrogen) atoms. The van der Waals surface area contributed by atoms with Crippen LogP contribution in [0.4, 0.5) is 0 Å². The van der Waals surface area contributed by atoms with Crippen molar-refractivity contribution in [2.45, 2.75) is 39.2 Å². The van der Waals surface area contributed by atoms with E-state index >= 15 is 0 Å². The monoisotopic (exact) mass is 296 g/mol. The van der Waals surface area contributed by atoms with Crippen LogP contribution in [0, 0.1) is 11.8 Å². The fraction of sp³-hybridized carbons (Fsp3) is 0.643. The summed E-state index contributed by atoms with van der Waals surface area (Å²) in [6, 6.07) is 5.00. The number of hydrogen-bond donors (Lipinski definition) is 1. The molecule has 1 saturated carbocycles. The van der Waals surface area contributed by atoms with Crippen molar-refractivity contribution < 1.29 is 0 Å². The molecule has 1 aliphatic rings. The SMILES string of the molecule is CC(C)C(CNC1CC1)Cc1ccc(Br)cn1. The van der Waals surface area contributed by atoms with Gasteiger partial charge in [0.05, 0.1) is 0 Å². The van der Waals surface area contributed by atoms with Gasteiger partial charge in [-0.2, -0.15) is 0 Å². The maximum Gasteiger partial charge on any atom is 0.0413 e. The minimum absolute atomic E-state index is 0.685. The molecule has 0 radical (unpaired) electrons. The van der Waals surface area contributed by atoms with Crippen molar-refractivity contribution in [1.29, 1.82) is 0 Å². The number of nitrogens with zero attached hydrogens (tertiary/aromatic N) is 1. The maximum atomic E-state index is 4.47. The predicted octanol–water partition coefficient (Wildman–Crippen LogP) is 3.41. The van der Waals surface area contributed by atoms with E-state index in [-0.39, 0.29) is 0 Å². The molecule has 1 N–H and O–H groups in total. The van der Waals surface area contributed by atoms with Crippen LogP contribution in [-0.4, -0.2) is 17.6 Å². The van der Waals surface area contributed by atoms with Gasteiger partial charge in [-0.3, -0.25) is 4.98 Å². The second-order valence-corrected chi connectivity index (χ2v) is 6.27. The van der Waals surface area contributed by atoms with Gasteiger partial charge in [-0.25, -0.2) is 0 Å². The summed E-state index contributed by atoms with van der Waals surface area (Å²) in [6.07, 6.45) is 5.69. The van der Waals surface area contributed by atoms with E-state index in [0.29, 0.717) is 11.8 Å². The summed E-state index contributed by atoms with van der Waals surface area (Å²) in [6.45, 7) is 5.73. The molecule has 1 aromatic rings. The number of halogens is 1. The summed E-state index contributed by atoms with van der Waals surface area (Å²) in [5.74, 6) is 1.39. The largest absolute Gasteiger partial charge is 0.314 e. The molecule has 1 aliphatic carbocycles. The number of hydrogen-bond acceptors (Lipinski definition) is 2. The average molecular weight is 297 g/mol. The Balaban J connectivity index is 1.88. The Morgan fingerprint density at radius 3 is 2.71 bits per heavy atom. The van der Waals surface area contributed by atoms with E-state index < -0.39 is 0 Å². The van der Waals surface area contributed by atoms with Crippen molar-refractivity contribution in [2.75, 3.05) is 6.54 Å². The minimum atomic E-state index is 0.685.